The number of hydrogen-bond acceptors (Lipinski definition) is 4. The summed E-state index contributed by atoms with van der Waals surface area (Å²) in [5, 5.41) is 0. The van der Waals surface area contributed by atoms with E-state index in [1.807, 2.05) is 13.8 Å². The SMILES string of the molecule is CCN(CC)C(=O)CN(C)C(=O)c1ccc2c(c1)[nH]c(=O)c(=O)n2CC. The Bertz CT molecular complexity index is 940. The minimum absolute atomic E-state index is 0.0243. The van der Waals surface area contributed by atoms with E-state index < -0.39 is 11.1 Å². The molecule has 0 atom stereocenters. The van der Waals surface area contributed by atoms with Crippen molar-refractivity contribution in [3.05, 3.63) is 44.5 Å². The molecule has 0 unspecified atom stereocenters. The number of nitrogens with zero attached hydrogens (tertiary/aromatic N) is 3. The van der Waals surface area contributed by atoms with Gasteiger partial charge in [0.15, 0.2) is 0 Å². The van der Waals surface area contributed by atoms with E-state index in [9.17, 15) is 19.2 Å². The second-order valence-electron chi connectivity index (χ2n) is 5.96. The number of nitrogens with one attached hydrogen (secondary N) is 1. The van der Waals surface area contributed by atoms with Gasteiger partial charge in [-0.3, -0.25) is 19.2 Å². The van der Waals surface area contributed by atoms with Crippen LogP contribution in [0, 0.1) is 0 Å². The third-order valence-electron chi connectivity index (χ3n) is 4.37. The summed E-state index contributed by atoms with van der Waals surface area (Å²) in [6.45, 7) is 7.04. The van der Waals surface area contributed by atoms with Crippen LogP contribution in [0.4, 0.5) is 0 Å². The highest BCUT2D eigenvalue weighted by Gasteiger charge is 2.18. The van der Waals surface area contributed by atoms with Gasteiger partial charge in [0, 0.05) is 32.2 Å². The van der Waals surface area contributed by atoms with Crippen LogP contribution in [0.15, 0.2) is 27.8 Å². The predicted octanol–water partition coefficient (Wildman–Crippen LogP) is 0.650. The molecule has 0 spiro atoms. The summed E-state index contributed by atoms with van der Waals surface area (Å²) in [7, 11) is 1.56. The molecular formula is C18H24N4O4. The molecule has 0 saturated carbocycles. The number of aromatic amines is 1. The van der Waals surface area contributed by atoms with Crippen molar-refractivity contribution >= 4 is 22.8 Å². The van der Waals surface area contributed by atoms with Gasteiger partial charge < -0.3 is 19.4 Å². The Morgan fingerprint density at radius 1 is 1.12 bits per heavy atom. The third-order valence-corrected chi connectivity index (χ3v) is 4.37. The number of carbonyl (C=O) groups is 2. The summed E-state index contributed by atoms with van der Waals surface area (Å²) in [5.41, 5.74) is -0.0550. The van der Waals surface area contributed by atoms with Gasteiger partial charge in [0.05, 0.1) is 17.6 Å². The second-order valence-corrected chi connectivity index (χ2v) is 5.96. The molecule has 0 fully saturated rings. The maximum absolute atomic E-state index is 12.6. The highest BCUT2D eigenvalue weighted by atomic mass is 16.2. The van der Waals surface area contributed by atoms with E-state index in [1.54, 1.807) is 31.0 Å². The van der Waals surface area contributed by atoms with E-state index in [4.69, 9.17) is 0 Å². The van der Waals surface area contributed by atoms with Crippen molar-refractivity contribution in [2.45, 2.75) is 27.3 Å². The third kappa shape index (κ3) is 3.68. The molecule has 1 heterocycles. The van der Waals surface area contributed by atoms with Gasteiger partial charge in [0.2, 0.25) is 5.91 Å². The van der Waals surface area contributed by atoms with Gasteiger partial charge in [-0.2, -0.15) is 0 Å². The zero-order valence-electron chi connectivity index (χ0n) is 15.5. The Morgan fingerprint density at radius 2 is 1.77 bits per heavy atom. The summed E-state index contributed by atoms with van der Waals surface area (Å²) < 4.78 is 1.36. The van der Waals surface area contributed by atoms with Crippen LogP contribution >= 0.6 is 0 Å². The van der Waals surface area contributed by atoms with Gasteiger partial charge in [-0.05, 0) is 39.0 Å². The lowest BCUT2D eigenvalue weighted by Crippen LogP contribution is -2.41. The highest BCUT2D eigenvalue weighted by molar-refractivity contribution is 5.98. The monoisotopic (exact) mass is 360 g/mol. The van der Waals surface area contributed by atoms with Crippen molar-refractivity contribution in [3.63, 3.8) is 0 Å². The lowest BCUT2D eigenvalue weighted by atomic mass is 10.1. The molecule has 26 heavy (non-hydrogen) atoms. The Labute approximate surface area is 151 Å². The quantitative estimate of drug-likeness (QED) is 0.765. The van der Waals surface area contributed by atoms with Crippen molar-refractivity contribution in [2.75, 3.05) is 26.7 Å². The number of amides is 2. The fraction of sp³-hybridized carbons (Fsp3) is 0.444. The second kappa shape index (κ2) is 7.99. The van der Waals surface area contributed by atoms with E-state index in [-0.39, 0.29) is 18.4 Å². The molecule has 8 heteroatoms. The standard InChI is InChI=1S/C18H24N4O4/c1-5-21(6-2)15(23)11-20(4)17(25)12-8-9-14-13(10-12)19-16(24)18(26)22(14)7-3/h8-10H,5-7,11H2,1-4H3,(H,19,24). The number of aromatic nitrogens is 2. The maximum Gasteiger partial charge on any atom is 0.316 e. The number of fused-ring (bicyclic) bond motifs is 1. The molecule has 0 saturated heterocycles. The first kappa shape index (κ1) is 19.4. The Morgan fingerprint density at radius 3 is 2.35 bits per heavy atom. The Balaban J connectivity index is 2.34. The molecule has 0 aliphatic carbocycles. The summed E-state index contributed by atoms with van der Waals surface area (Å²) in [4.78, 5) is 54.0. The number of aryl methyl sites for hydroxylation is 1. The first-order valence-electron chi connectivity index (χ1n) is 8.64. The molecule has 140 valence electrons. The minimum Gasteiger partial charge on any atom is -0.342 e. The fourth-order valence-electron chi connectivity index (χ4n) is 2.90. The number of hydrogen-bond donors (Lipinski definition) is 1. The van der Waals surface area contributed by atoms with Crippen LogP contribution in [0.2, 0.25) is 0 Å². The van der Waals surface area contributed by atoms with Crippen molar-refractivity contribution < 1.29 is 9.59 Å². The van der Waals surface area contributed by atoms with Crippen molar-refractivity contribution in [3.8, 4) is 0 Å². The van der Waals surface area contributed by atoms with E-state index in [2.05, 4.69) is 4.98 Å². The zero-order valence-corrected chi connectivity index (χ0v) is 15.5. The van der Waals surface area contributed by atoms with Gasteiger partial charge in [0.25, 0.3) is 5.91 Å². The Kier molecular flexibility index (Phi) is 5.97. The molecule has 2 amide bonds. The van der Waals surface area contributed by atoms with Crippen LogP contribution in [-0.4, -0.2) is 57.8 Å². The van der Waals surface area contributed by atoms with Crippen molar-refractivity contribution in [2.24, 2.45) is 0 Å². The van der Waals surface area contributed by atoms with Gasteiger partial charge in [-0.25, -0.2) is 0 Å². The molecule has 1 aromatic carbocycles. The topological polar surface area (TPSA) is 95.5 Å². The molecule has 1 aromatic heterocycles. The fourth-order valence-corrected chi connectivity index (χ4v) is 2.90. The van der Waals surface area contributed by atoms with Gasteiger partial charge >= 0.3 is 11.1 Å². The van der Waals surface area contributed by atoms with Crippen LogP contribution in [-0.2, 0) is 11.3 Å². The van der Waals surface area contributed by atoms with Crippen LogP contribution in [0.1, 0.15) is 31.1 Å². The van der Waals surface area contributed by atoms with Gasteiger partial charge in [-0.15, -0.1) is 0 Å². The van der Waals surface area contributed by atoms with E-state index in [0.717, 1.165) is 0 Å². The zero-order chi connectivity index (χ0) is 19.4. The van der Waals surface area contributed by atoms with E-state index in [1.165, 1.54) is 15.5 Å². The maximum atomic E-state index is 12.6. The Hall–Kier alpha value is -2.90. The summed E-state index contributed by atoms with van der Waals surface area (Å²) in [6.07, 6.45) is 0. The first-order chi connectivity index (χ1) is 12.3. The lowest BCUT2D eigenvalue weighted by Gasteiger charge is -2.23. The summed E-state index contributed by atoms with van der Waals surface area (Å²) >= 11 is 0. The summed E-state index contributed by atoms with van der Waals surface area (Å²) in [6, 6.07) is 4.75. The van der Waals surface area contributed by atoms with Crippen molar-refractivity contribution in [1.29, 1.82) is 0 Å². The number of H-pyrrole nitrogens is 1. The normalized spacial score (nSPS) is 10.8. The average Bonchev–Trinajstić information content (AvgIpc) is 2.62. The molecule has 1 N–H and O–H groups in total. The molecule has 0 radical (unpaired) electrons. The molecule has 0 aliphatic rings. The van der Waals surface area contributed by atoms with Crippen LogP contribution in [0.5, 0.6) is 0 Å². The highest BCUT2D eigenvalue weighted by Crippen LogP contribution is 2.13. The molecule has 2 aromatic rings. The smallest absolute Gasteiger partial charge is 0.316 e. The molecule has 0 aliphatic heterocycles. The minimum atomic E-state index is -0.728. The number of likely N-dealkylation sites (N-methyl/N-ethyl adjacent to an activating group) is 2. The van der Waals surface area contributed by atoms with Crippen LogP contribution < -0.4 is 11.1 Å². The first-order valence-corrected chi connectivity index (χ1v) is 8.64. The van der Waals surface area contributed by atoms with E-state index in [0.29, 0.717) is 36.2 Å². The summed E-state index contributed by atoms with van der Waals surface area (Å²) in [5.74, 6) is -0.456. The van der Waals surface area contributed by atoms with Crippen LogP contribution in [0.3, 0.4) is 0 Å². The molecule has 2 rings (SSSR count). The molecule has 0 bridgehead atoms. The lowest BCUT2D eigenvalue weighted by molar-refractivity contribution is -0.131. The number of benzene rings is 1. The van der Waals surface area contributed by atoms with Crippen molar-refractivity contribution in [1.82, 2.24) is 19.4 Å². The molecular weight excluding hydrogens is 336 g/mol. The van der Waals surface area contributed by atoms with Gasteiger partial charge in [0.1, 0.15) is 0 Å². The number of carbonyl (C=O) groups excluding carboxylic acids is 2. The predicted molar refractivity (Wildman–Crippen MR) is 99.4 cm³/mol. The van der Waals surface area contributed by atoms with Crippen LogP contribution in [0.25, 0.3) is 11.0 Å². The average molecular weight is 360 g/mol. The van der Waals surface area contributed by atoms with E-state index >= 15 is 0 Å². The largest absolute Gasteiger partial charge is 0.342 e. The molecule has 8 nitrogen and oxygen atoms in total. The number of rotatable bonds is 6. The van der Waals surface area contributed by atoms with Gasteiger partial charge in [-0.1, -0.05) is 0 Å².